The Morgan fingerprint density at radius 1 is 1.53 bits per heavy atom. The number of methoxy groups -OCH3 is 1. The summed E-state index contributed by atoms with van der Waals surface area (Å²) in [7, 11) is 1.67. The number of fused-ring (bicyclic) bond motifs is 1. The summed E-state index contributed by atoms with van der Waals surface area (Å²) in [6.45, 7) is 1.46. The fourth-order valence-electron chi connectivity index (χ4n) is 2.26. The predicted molar refractivity (Wildman–Crippen MR) is 74.9 cm³/mol. The molecule has 0 saturated carbocycles. The lowest BCUT2D eigenvalue weighted by molar-refractivity contribution is 0.226. The van der Waals surface area contributed by atoms with Crippen LogP contribution < -0.4 is 14.8 Å². The van der Waals surface area contributed by atoms with Crippen molar-refractivity contribution in [2.45, 2.75) is 19.0 Å². The summed E-state index contributed by atoms with van der Waals surface area (Å²) in [4.78, 5) is 4.27. The molecule has 1 atom stereocenters. The molecule has 1 N–H and O–H groups in total. The molecule has 5 heteroatoms. The molecule has 0 aliphatic carbocycles. The lowest BCUT2D eigenvalue weighted by atomic mass is 10.0. The third kappa shape index (κ3) is 2.72. The van der Waals surface area contributed by atoms with Crippen molar-refractivity contribution in [1.82, 2.24) is 10.3 Å². The summed E-state index contributed by atoms with van der Waals surface area (Å²) in [5, 5.41) is 6.59. The van der Waals surface area contributed by atoms with Gasteiger partial charge in [-0.05, 0) is 18.1 Å². The van der Waals surface area contributed by atoms with Crippen LogP contribution in [-0.4, -0.2) is 24.7 Å². The van der Waals surface area contributed by atoms with E-state index in [0.29, 0.717) is 12.6 Å². The Hall–Kier alpha value is -1.59. The van der Waals surface area contributed by atoms with Gasteiger partial charge >= 0.3 is 0 Å². The molecule has 0 radical (unpaired) electrons. The fourth-order valence-corrected chi connectivity index (χ4v) is 2.83. The molecular weight excluding hydrogens is 260 g/mol. The third-order valence-corrected chi connectivity index (χ3v) is 3.98. The van der Waals surface area contributed by atoms with Gasteiger partial charge in [-0.3, -0.25) is 0 Å². The van der Waals surface area contributed by atoms with Crippen LogP contribution in [0.25, 0.3) is 0 Å². The maximum atomic E-state index is 5.82. The molecule has 0 saturated heterocycles. The molecule has 1 aromatic carbocycles. The topological polar surface area (TPSA) is 43.4 Å². The minimum Gasteiger partial charge on any atom is -0.493 e. The van der Waals surface area contributed by atoms with Gasteiger partial charge in [-0.1, -0.05) is 12.1 Å². The van der Waals surface area contributed by atoms with Crippen molar-refractivity contribution < 1.29 is 9.47 Å². The highest BCUT2D eigenvalue weighted by Gasteiger charge is 2.22. The number of hydrogen-bond acceptors (Lipinski definition) is 5. The highest BCUT2D eigenvalue weighted by molar-refractivity contribution is 7.09. The highest BCUT2D eigenvalue weighted by atomic mass is 32.1. The van der Waals surface area contributed by atoms with E-state index < -0.39 is 0 Å². The normalized spacial score (nSPS) is 17.6. The molecule has 0 amide bonds. The second-order valence-corrected chi connectivity index (χ2v) is 5.45. The van der Waals surface area contributed by atoms with Gasteiger partial charge in [-0.25, -0.2) is 4.98 Å². The molecule has 0 unspecified atom stereocenters. The van der Waals surface area contributed by atoms with Crippen LogP contribution in [0.15, 0.2) is 29.8 Å². The Bertz CT molecular complexity index is 542. The Labute approximate surface area is 116 Å². The summed E-state index contributed by atoms with van der Waals surface area (Å²) in [5.74, 6) is 1.70. The number of para-hydroxylation sites is 1. The lowest BCUT2D eigenvalue weighted by Crippen LogP contribution is -2.38. The first-order chi connectivity index (χ1) is 9.36. The lowest BCUT2D eigenvalue weighted by Gasteiger charge is -2.27. The van der Waals surface area contributed by atoms with Crippen LogP contribution in [0.4, 0.5) is 0 Å². The van der Waals surface area contributed by atoms with E-state index in [-0.39, 0.29) is 0 Å². The van der Waals surface area contributed by atoms with Gasteiger partial charge in [-0.15, -0.1) is 11.3 Å². The number of nitrogens with one attached hydrogen (secondary N) is 1. The van der Waals surface area contributed by atoms with Gasteiger partial charge in [0.25, 0.3) is 0 Å². The summed E-state index contributed by atoms with van der Waals surface area (Å²) in [6, 6.07) is 6.35. The van der Waals surface area contributed by atoms with Crippen LogP contribution >= 0.6 is 11.3 Å². The Balaban J connectivity index is 1.65. The van der Waals surface area contributed by atoms with E-state index >= 15 is 0 Å². The summed E-state index contributed by atoms with van der Waals surface area (Å²) in [5.41, 5.74) is 1.20. The van der Waals surface area contributed by atoms with Gasteiger partial charge in [0, 0.05) is 24.2 Å². The second kappa shape index (κ2) is 5.59. The van der Waals surface area contributed by atoms with E-state index in [2.05, 4.69) is 16.4 Å². The SMILES string of the molecule is COc1cccc2c1OC[C@@H](NCc1nccs1)C2. The molecule has 0 spiro atoms. The van der Waals surface area contributed by atoms with Crippen LogP contribution in [0.1, 0.15) is 10.6 Å². The molecule has 1 aliphatic rings. The zero-order valence-electron chi connectivity index (χ0n) is 10.8. The van der Waals surface area contributed by atoms with E-state index in [4.69, 9.17) is 9.47 Å². The number of thiazole rings is 1. The Morgan fingerprint density at radius 3 is 3.26 bits per heavy atom. The van der Waals surface area contributed by atoms with Gasteiger partial charge in [0.1, 0.15) is 11.6 Å². The minimum atomic E-state index is 0.323. The maximum absolute atomic E-state index is 5.82. The van der Waals surface area contributed by atoms with Crippen molar-refractivity contribution >= 4 is 11.3 Å². The van der Waals surface area contributed by atoms with E-state index in [1.165, 1.54) is 5.56 Å². The van der Waals surface area contributed by atoms with Crippen LogP contribution in [0.2, 0.25) is 0 Å². The van der Waals surface area contributed by atoms with Crippen molar-refractivity contribution in [1.29, 1.82) is 0 Å². The summed E-state index contributed by atoms with van der Waals surface area (Å²) >= 11 is 1.67. The monoisotopic (exact) mass is 276 g/mol. The van der Waals surface area contributed by atoms with Gasteiger partial charge < -0.3 is 14.8 Å². The standard InChI is InChI=1S/C14H16N2O2S/c1-17-12-4-2-3-10-7-11(9-18-14(10)12)16-8-13-15-5-6-19-13/h2-6,11,16H,7-9H2,1H3/t11-/m0/s1. The van der Waals surface area contributed by atoms with Crippen LogP contribution in [0.5, 0.6) is 11.5 Å². The quantitative estimate of drug-likeness (QED) is 0.930. The van der Waals surface area contributed by atoms with Gasteiger partial charge in [0.15, 0.2) is 11.5 Å². The van der Waals surface area contributed by atoms with Crippen molar-refractivity contribution in [3.8, 4) is 11.5 Å². The number of hydrogen-bond donors (Lipinski definition) is 1. The van der Waals surface area contributed by atoms with Crippen molar-refractivity contribution in [3.63, 3.8) is 0 Å². The smallest absolute Gasteiger partial charge is 0.164 e. The fraction of sp³-hybridized carbons (Fsp3) is 0.357. The zero-order valence-corrected chi connectivity index (χ0v) is 11.6. The average molecular weight is 276 g/mol. The highest BCUT2D eigenvalue weighted by Crippen LogP contribution is 2.34. The molecule has 100 valence electrons. The van der Waals surface area contributed by atoms with Gasteiger partial charge in [-0.2, -0.15) is 0 Å². The maximum Gasteiger partial charge on any atom is 0.164 e. The third-order valence-electron chi connectivity index (χ3n) is 3.20. The number of aromatic nitrogens is 1. The molecule has 19 heavy (non-hydrogen) atoms. The molecule has 1 aliphatic heterocycles. The van der Waals surface area contributed by atoms with Gasteiger partial charge in [0.05, 0.1) is 7.11 Å². The molecule has 2 aromatic rings. The molecule has 4 nitrogen and oxygen atoms in total. The number of nitrogens with zero attached hydrogens (tertiary/aromatic N) is 1. The van der Waals surface area contributed by atoms with E-state index in [0.717, 1.165) is 29.5 Å². The van der Waals surface area contributed by atoms with Crippen molar-refractivity contribution in [3.05, 3.63) is 40.3 Å². The minimum absolute atomic E-state index is 0.323. The zero-order chi connectivity index (χ0) is 13.1. The first kappa shape index (κ1) is 12.4. The number of rotatable bonds is 4. The van der Waals surface area contributed by atoms with Crippen LogP contribution in [0, 0.1) is 0 Å². The Kier molecular flexibility index (Phi) is 3.66. The van der Waals surface area contributed by atoms with E-state index in [9.17, 15) is 0 Å². The first-order valence-electron chi connectivity index (χ1n) is 6.27. The number of ether oxygens (including phenoxy) is 2. The van der Waals surface area contributed by atoms with E-state index in [1.54, 1.807) is 18.4 Å². The summed E-state index contributed by atoms with van der Waals surface area (Å²) in [6.07, 6.45) is 2.79. The molecule has 2 heterocycles. The molecule has 3 rings (SSSR count). The summed E-state index contributed by atoms with van der Waals surface area (Å²) < 4.78 is 11.1. The van der Waals surface area contributed by atoms with E-state index in [1.807, 2.05) is 23.7 Å². The van der Waals surface area contributed by atoms with Crippen molar-refractivity contribution in [2.24, 2.45) is 0 Å². The second-order valence-electron chi connectivity index (χ2n) is 4.47. The first-order valence-corrected chi connectivity index (χ1v) is 7.15. The Morgan fingerprint density at radius 2 is 2.47 bits per heavy atom. The molecule has 1 aromatic heterocycles. The molecule has 0 fully saturated rings. The van der Waals surface area contributed by atoms with Crippen LogP contribution in [0.3, 0.4) is 0 Å². The average Bonchev–Trinajstić information content (AvgIpc) is 2.97. The molecular formula is C14H16N2O2S. The molecule has 0 bridgehead atoms. The largest absolute Gasteiger partial charge is 0.493 e. The van der Waals surface area contributed by atoms with Gasteiger partial charge in [0.2, 0.25) is 0 Å². The predicted octanol–water partition coefficient (Wildman–Crippen LogP) is 2.25. The van der Waals surface area contributed by atoms with Crippen LogP contribution in [-0.2, 0) is 13.0 Å². The van der Waals surface area contributed by atoms with Crippen molar-refractivity contribution in [2.75, 3.05) is 13.7 Å². The number of benzene rings is 1.